The van der Waals surface area contributed by atoms with E-state index in [1.165, 1.54) is 6.33 Å². The summed E-state index contributed by atoms with van der Waals surface area (Å²) >= 11 is 1.67. The first-order valence-electron chi connectivity index (χ1n) is 5.84. The number of hydrogen-bond acceptors (Lipinski definition) is 5. The van der Waals surface area contributed by atoms with Crippen LogP contribution in [0.25, 0.3) is 0 Å². The molecule has 0 aliphatic heterocycles. The van der Waals surface area contributed by atoms with Crippen LogP contribution in [0.4, 0.5) is 0 Å². The molecule has 2 N–H and O–H groups in total. The van der Waals surface area contributed by atoms with E-state index >= 15 is 0 Å². The van der Waals surface area contributed by atoms with Crippen molar-refractivity contribution in [2.45, 2.75) is 43.8 Å². The third-order valence-electron chi connectivity index (χ3n) is 2.52. The first-order chi connectivity index (χ1) is 8.20. The summed E-state index contributed by atoms with van der Waals surface area (Å²) in [6, 6.07) is 2.34. The molecule has 0 bridgehead atoms. The molecule has 1 aromatic heterocycles. The van der Waals surface area contributed by atoms with Crippen molar-refractivity contribution >= 4 is 11.8 Å². The summed E-state index contributed by atoms with van der Waals surface area (Å²) in [6.07, 6.45) is 4.51. The zero-order valence-corrected chi connectivity index (χ0v) is 11.2. The van der Waals surface area contributed by atoms with Gasteiger partial charge in [0, 0.05) is 5.75 Å². The fraction of sp³-hybridized carbons (Fsp3) is 0.727. The van der Waals surface area contributed by atoms with E-state index in [-0.39, 0.29) is 5.54 Å². The van der Waals surface area contributed by atoms with Crippen molar-refractivity contribution < 1.29 is 0 Å². The molecular formula is C11H19N5S. The minimum absolute atomic E-state index is 0.383. The summed E-state index contributed by atoms with van der Waals surface area (Å²) < 4.78 is 0. The predicted octanol–water partition coefficient (Wildman–Crippen LogP) is 1.96. The Bertz CT molecular complexity index is 345. The molecule has 1 unspecified atom stereocenters. The summed E-state index contributed by atoms with van der Waals surface area (Å²) in [6.45, 7) is 4.81. The van der Waals surface area contributed by atoms with Crippen molar-refractivity contribution in [3.05, 3.63) is 6.33 Å². The van der Waals surface area contributed by atoms with Gasteiger partial charge in [-0.3, -0.25) is 10.4 Å². The molecule has 0 amide bonds. The lowest BCUT2D eigenvalue weighted by molar-refractivity contribution is 0.415. The summed E-state index contributed by atoms with van der Waals surface area (Å²) in [5, 5.41) is 19.8. The van der Waals surface area contributed by atoms with Crippen molar-refractivity contribution in [2.75, 3.05) is 12.3 Å². The zero-order valence-electron chi connectivity index (χ0n) is 10.4. The Balaban J connectivity index is 2.13. The number of unbranched alkanes of at least 4 members (excludes halogenated alkanes) is 1. The first kappa shape index (κ1) is 14.0. The fourth-order valence-electron chi connectivity index (χ4n) is 1.59. The van der Waals surface area contributed by atoms with Gasteiger partial charge in [-0.2, -0.15) is 10.4 Å². The molecule has 1 heterocycles. The van der Waals surface area contributed by atoms with Gasteiger partial charge in [0.1, 0.15) is 11.9 Å². The molecule has 0 aliphatic rings. The molecule has 6 heteroatoms. The summed E-state index contributed by atoms with van der Waals surface area (Å²) in [4.78, 5) is 4.04. The van der Waals surface area contributed by atoms with Gasteiger partial charge in [-0.15, -0.1) is 0 Å². The molecular weight excluding hydrogens is 234 g/mol. The monoisotopic (exact) mass is 253 g/mol. The van der Waals surface area contributed by atoms with Gasteiger partial charge in [0.05, 0.1) is 6.07 Å². The number of aromatic nitrogens is 3. The van der Waals surface area contributed by atoms with E-state index in [1.807, 2.05) is 13.8 Å². The second-order valence-corrected chi connectivity index (χ2v) is 5.15. The Morgan fingerprint density at radius 1 is 1.59 bits per heavy atom. The van der Waals surface area contributed by atoms with E-state index in [0.717, 1.165) is 36.7 Å². The van der Waals surface area contributed by atoms with Crippen LogP contribution in [0.2, 0.25) is 0 Å². The van der Waals surface area contributed by atoms with Gasteiger partial charge < -0.3 is 0 Å². The molecule has 1 rings (SSSR count). The maximum Gasteiger partial charge on any atom is 0.183 e. The van der Waals surface area contributed by atoms with E-state index in [2.05, 4.69) is 26.6 Å². The quantitative estimate of drug-likeness (QED) is 0.547. The van der Waals surface area contributed by atoms with Crippen LogP contribution < -0.4 is 5.32 Å². The van der Waals surface area contributed by atoms with Crippen molar-refractivity contribution in [3.8, 4) is 6.07 Å². The van der Waals surface area contributed by atoms with Crippen LogP contribution in [0, 0.1) is 11.3 Å². The number of hydrogen-bond donors (Lipinski definition) is 2. The molecule has 0 saturated heterocycles. The van der Waals surface area contributed by atoms with Crippen LogP contribution >= 0.6 is 11.8 Å². The standard InChI is InChI=1S/C11H19N5S/c1-3-14-11(2,8-12)6-4-5-7-17-10-13-9-15-16-10/h9,14H,3-7H2,1-2H3,(H,13,15,16). The van der Waals surface area contributed by atoms with Crippen molar-refractivity contribution in [2.24, 2.45) is 0 Å². The number of nitriles is 1. The van der Waals surface area contributed by atoms with Gasteiger partial charge in [-0.1, -0.05) is 18.7 Å². The lowest BCUT2D eigenvalue weighted by Gasteiger charge is -2.22. The van der Waals surface area contributed by atoms with Gasteiger partial charge in [0.15, 0.2) is 5.16 Å². The molecule has 1 atom stereocenters. The first-order valence-corrected chi connectivity index (χ1v) is 6.83. The van der Waals surface area contributed by atoms with Gasteiger partial charge in [-0.05, 0) is 32.7 Å². The fourth-order valence-corrected chi connectivity index (χ4v) is 2.37. The highest BCUT2D eigenvalue weighted by Crippen LogP contribution is 2.17. The minimum atomic E-state index is -0.383. The average Bonchev–Trinajstić information content (AvgIpc) is 2.82. The average molecular weight is 253 g/mol. The molecule has 0 aromatic carbocycles. The molecule has 0 aliphatic carbocycles. The van der Waals surface area contributed by atoms with E-state index in [0.29, 0.717) is 0 Å². The van der Waals surface area contributed by atoms with E-state index in [9.17, 15) is 0 Å². The highest BCUT2D eigenvalue weighted by molar-refractivity contribution is 7.99. The van der Waals surface area contributed by atoms with Gasteiger partial charge >= 0.3 is 0 Å². The Hall–Kier alpha value is -1.06. The van der Waals surface area contributed by atoms with Crippen LogP contribution in [0.15, 0.2) is 11.5 Å². The summed E-state index contributed by atoms with van der Waals surface area (Å²) in [5.74, 6) is 1.00. The van der Waals surface area contributed by atoms with Gasteiger partial charge in [-0.25, -0.2) is 4.98 Å². The molecule has 0 fully saturated rings. The van der Waals surface area contributed by atoms with E-state index in [4.69, 9.17) is 5.26 Å². The third-order valence-corrected chi connectivity index (χ3v) is 3.48. The maximum atomic E-state index is 9.08. The van der Waals surface area contributed by atoms with Crippen LogP contribution in [0.1, 0.15) is 33.1 Å². The van der Waals surface area contributed by atoms with Crippen molar-refractivity contribution in [3.63, 3.8) is 0 Å². The number of nitrogens with zero attached hydrogens (tertiary/aromatic N) is 3. The van der Waals surface area contributed by atoms with Gasteiger partial charge in [0.2, 0.25) is 0 Å². The lowest BCUT2D eigenvalue weighted by atomic mass is 9.97. The number of H-pyrrole nitrogens is 1. The third kappa shape index (κ3) is 5.20. The molecule has 1 aromatic rings. The molecule has 5 nitrogen and oxygen atoms in total. The number of nitrogens with one attached hydrogen (secondary N) is 2. The highest BCUT2D eigenvalue weighted by atomic mass is 32.2. The van der Waals surface area contributed by atoms with Crippen LogP contribution in [0.5, 0.6) is 0 Å². The second-order valence-electron chi connectivity index (χ2n) is 4.07. The highest BCUT2D eigenvalue weighted by Gasteiger charge is 2.20. The minimum Gasteiger partial charge on any atom is -0.300 e. The summed E-state index contributed by atoms with van der Waals surface area (Å²) in [7, 11) is 0. The number of aromatic amines is 1. The number of thioether (sulfide) groups is 1. The molecule has 0 radical (unpaired) electrons. The maximum absolute atomic E-state index is 9.08. The molecule has 0 spiro atoms. The predicted molar refractivity (Wildman–Crippen MR) is 68.7 cm³/mol. The Morgan fingerprint density at radius 2 is 2.41 bits per heavy atom. The van der Waals surface area contributed by atoms with Crippen LogP contribution in [-0.4, -0.2) is 33.0 Å². The van der Waals surface area contributed by atoms with E-state index in [1.54, 1.807) is 11.8 Å². The Labute approximate surface area is 106 Å². The second kappa shape index (κ2) is 7.30. The van der Waals surface area contributed by atoms with Crippen molar-refractivity contribution in [1.29, 1.82) is 5.26 Å². The smallest absolute Gasteiger partial charge is 0.183 e. The topological polar surface area (TPSA) is 77.4 Å². The molecule has 17 heavy (non-hydrogen) atoms. The van der Waals surface area contributed by atoms with Crippen LogP contribution in [0.3, 0.4) is 0 Å². The molecule has 94 valence electrons. The largest absolute Gasteiger partial charge is 0.300 e. The van der Waals surface area contributed by atoms with Gasteiger partial charge in [0.25, 0.3) is 0 Å². The molecule has 0 saturated carbocycles. The summed E-state index contributed by atoms with van der Waals surface area (Å²) in [5.41, 5.74) is -0.383. The lowest BCUT2D eigenvalue weighted by Crippen LogP contribution is -2.40. The SMILES string of the molecule is CCNC(C)(C#N)CCCCSc1ncn[nH]1. The Morgan fingerprint density at radius 3 is 3.00 bits per heavy atom. The Kier molecular flexibility index (Phi) is 6.01. The van der Waals surface area contributed by atoms with Crippen LogP contribution in [-0.2, 0) is 0 Å². The van der Waals surface area contributed by atoms with E-state index < -0.39 is 0 Å². The van der Waals surface area contributed by atoms with Crippen molar-refractivity contribution in [1.82, 2.24) is 20.5 Å². The number of rotatable bonds is 8. The normalized spacial score (nSPS) is 14.2. The zero-order chi connectivity index (χ0) is 12.6.